The van der Waals surface area contributed by atoms with E-state index < -0.39 is 11.7 Å². The molecule has 0 saturated heterocycles. The van der Waals surface area contributed by atoms with Crippen molar-refractivity contribution in [2.45, 2.75) is 47.7 Å². The van der Waals surface area contributed by atoms with Crippen molar-refractivity contribution < 1.29 is 13.2 Å². The van der Waals surface area contributed by atoms with Crippen LogP contribution in [0.2, 0.25) is 0 Å². The molecule has 0 aliphatic carbocycles. The van der Waals surface area contributed by atoms with Crippen LogP contribution in [0.25, 0.3) is 93.2 Å². The van der Waals surface area contributed by atoms with Crippen molar-refractivity contribution in [2.24, 2.45) is 0 Å². The van der Waals surface area contributed by atoms with E-state index in [4.69, 9.17) is 6.57 Å². The SMILES string of the molecule is [C-]#[N+]c1cc(-n2c3ccccc3c3ccc(-c4c(C)cc(C)cc4C)cc32)c(-n2c3ccccc3c3ccc(-c4c(C)cc(C)cc4C)cc32)cc1-c1ccccc1C(F)(F)F. The lowest BCUT2D eigenvalue weighted by Gasteiger charge is -2.21. The molecule has 10 rings (SSSR count). The Hall–Kier alpha value is -7.36. The number of benzene rings is 8. The van der Waals surface area contributed by atoms with Crippen LogP contribution in [-0.2, 0) is 6.18 Å². The van der Waals surface area contributed by atoms with Gasteiger partial charge in [0.25, 0.3) is 0 Å². The zero-order valence-corrected chi connectivity index (χ0v) is 35.3. The van der Waals surface area contributed by atoms with Gasteiger partial charge >= 0.3 is 6.18 Å². The zero-order chi connectivity index (χ0) is 43.2. The number of nitrogens with zero attached hydrogens (tertiary/aromatic N) is 3. The zero-order valence-electron chi connectivity index (χ0n) is 35.3. The van der Waals surface area contributed by atoms with Crippen LogP contribution in [0.15, 0.2) is 146 Å². The van der Waals surface area contributed by atoms with Crippen LogP contribution in [-0.4, -0.2) is 9.13 Å². The summed E-state index contributed by atoms with van der Waals surface area (Å²) in [4.78, 5) is 3.98. The highest BCUT2D eigenvalue weighted by molar-refractivity contribution is 6.13. The molecule has 0 aliphatic heterocycles. The van der Waals surface area contributed by atoms with Crippen LogP contribution < -0.4 is 0 Å². The molecule has 0 fully saturated rings. The predicted molar refractivity (Wildman–Crippen MR) is 251 cm³/mol. The van der Waals surface area contributed by atoms with Gasteiger partial charge in [-0.1, -0.05) is 114 Å². The summed E-state index contributed by atoms with van der Waals surface area (Å²) in [7, 11) is 0. The molecule has 302 valence electrons. The molecule has 10 aromatic rings. The van der Waals surface area contributed by atoms with Crippen LogP contribution in [0.1, 0.15) is 38.9 Å². The molecule has 2 heterocycles. The van der Waals surface area contributed by atoms with Crippen molar-refractivity contribution >= 4 is 49.3 Å². The quantitative estimate of drug-likeness (QED) is 0.154. The standard InChI is InChI=1S/C56H42F3N3/c1-32-24-34(3)54(35(4)25-32)38-20-22-43-41-15-9-12-18-48(41)61(50(43)28-38)52-30-45(40-14-8-11-17-46(40)56(57,58)59)47(60-7)31-53(52)62-49-19-13-10-16-42(49)44-23-21-39(29-51(44)62)55-36(5)26-33(2)27-37(55)6/h8-31H,1-6H3. The van der Waals surface area contributed by atoms with Crippen LogP contribution in [0.4, 0.5) is 18.9 Å². The summed E-state index contributed by atoms with van der Waals surface area (Å²) >= 11 is 0. The number of aromatic nitrogens is 2. The number of hydrogen-bond acceptors (Lipinski definition) is 0. The van der Waals surface area contributed by atoms with E-state index in [2.05, 4.69) is 140 Å². The number of halogens is 3. The maximum atomic E-state index is 14.9. The fourth-order valence-electron chi connectivity index (χ4n) is 10.2. The molecule has 0 saturated carbocycles. The predicted octanol–water partition coefficient (Wildman–Crippen LogP) is 16.3. The van der Waals surface area contributed by atoms with Crippen LogP contribution in [0.5, 0.6) is 0 Å². The summed E-state index contributed by atoms with van der Waals surface area (Å²) in [5, 5.41) is 4.09. The van der Waals surface area contributed by atoms with Gasteiger partial charge < -0.3 is 9.13 Å². The second kappa shape index (κ2) is 14.4. The van der Waals surface area contributed by atoms with E-state index in [0.29, 0.717) is 11.4 Å². The van der Waals surface area contributed by atoms with E-state index in [1.807, 2.05) is 30.3 Å². The third kappa shape index (κ3) is 6.10. The van der Waals surface area contributed by atoms with Gasteiger partial charge in [-0.15, -0.1) is 0 Å². The Morgan fingerprint density at radius 2 is 0.855 bits per heavy atom. The Balaban J connectivity index is 1.38. The van der Waals surface area contributed by atoms with Crippen molar-refractivity contribution in [1.82, 2.24) is 9.13 Å². The molecule has 0 aliphatic rings. The largest absolute Gasteiger partial charge is 0.416 e. The molecule has 0 atom stereocenters. The average Bonchev–Trinajstić information content (AvgIpc) is 3.74. The molecule has 2 aromatic heterocycles. The van der Waals surface area contributed by atoms with Gasteiger partial charge in [-0.2, -0.15) is 13.2 Å². The van der Waals surface area contributed by atoms with Gasteiger partial charge in [0.05, 0.1) is 45.6 Å². The Bertz CT molecular complexity index is 3490. The molecule has 0 N–H and O–H groups in total. The first-order valence-electron chi connectivity index (χ1n) is 20.8. The van der Waals surface area contributed by atoms with E-state index in [0.717, 1.165) is 83.1 Å². The Morgan fingerprint density at radius 3 is 1.32 bits per heavy atom. The Kier molecular flexibility index (Phi) is 9.01. The van der Waals surface area contributed by atoms with Gasteiger partial charge in [-0.05, 0) is 140 Å². The highest BCUT2D eigenvalue weighted by Crippen LogP contribution is 2.47. The van der Waals surface area contributed by atoms with E-state index in [1.54, 1.807) is 12.1 Å². The lowest BCUT2D eigenvalue weighted by atomic mass is 9.93. The van der Waals surface area contributed by atoms with Gasteiger partial charge in [0.1, 0.15) is 0 Å². The minimum Gasteiger partial charge on any atom is -0.308 e. The summed E-state index contributed by atoms with van der Waals surface area (Å²) in [6.45, 7) is 21.3. The summed E-state index contributed by atoms with van der Waals surface area (Å²) in [6.07, 6.45) is -4.64. The van der Waals surface area contributed by atoms with Crippen molar-refractivity contribution in [3.63, 3.8) is 0 Å². The summed E-state index contributed by atoms with van der Waals surface area (Å²) < 4.78 is 49.0. The number of rotatable bonds is 5. The normalized spacial score (nSPS) is 11.9. The van der Waals surface area contributed by atoms with E-state index in [1.165, 1.54) is 34.4 Å². The number of para-hydroxylation sites is 2. The first kappa shape index (κ1) is 38.8. The first-order chi connectivity index (χ1) is 29.8. The number of alkyl halides is 3. The molecular weight excluding hydrogens is 772 g/mol. The minimum atomic E-state index is -4.64. The molecule has 0 spiro atoms. The van der Waals surface area contributed by atoms with Gasteiger partial charge in [0.15, 0.2) is 5.69 Å². The Labute approximate surface area is 358 Å². The second-order valence-electron chi connectivity index (χ2n) is 16.7. The molecule has 6 heteroatoms. The molecule has 0 radical (unpaired) electrons. The summed E-state index contributed by atoms with van der Waals surface area (Å²) in [5.74, 6) is 0. The van der Waals surface area contributed by atoms with Crippen LogP contribution >= 0.6 is 0 Å². The average molecular weight is 814 g/mol. The fraction of sp³-hybridized carbons (Fsp3) is 0.125. The topological polar surface area (TPSA) is 14.2 Å². The number of aryl methyl sites for hydroxylation is 6. The lowest BCUT2D eigenvalue weighted by Crippen LogP contribution is -2.08. The molecule has 0 unspecified atom stereocenters. The molecule has 8 aromatic carbocycles. The Morgan fingerprint density at radius 1 is 0.435 bits per heavy atom. The van der Waals surface area contributed by atoms with Crippen LogP contribution in [0, 0.1) is 48.1 Å². The lowest BCUT2D eigenvalue weighted by molar-refractivity contribution is -0.137. The third-order valence-electron chi connectivity index (χ3n) is 12.5. The van der Waals surface area contributed by atoms with Crippen LogP contribution in [0.3, 0.4) is 0 Å². The molecule has 0 bridgehead atoms. The maximum Gasteiger partial charge on any atom is 0.416 e. The molecule has 62 heavy (non-hydrogen) atoms. The summed E-state index contributed by atoms with van der Waals surface area (Å²) in [6, 6.07) is 47.5. The van der Waals surface area contributed by atoms with Crippen molar-refractivity contribution in [1.29, 1.82) is 0 Å². The monoisotopic (exact) mass is 813 g/mol. The third-order valence-corrected chi connectivity index (χ3v) is 12.5. The molecular formula is C56H42F3N3. The van der Waals surface area contributed by atoms with Gasteiger partial charge in [0.2, 0.25) is 0 Å². The van der Waals surface area contributed by atoms with Crippen molar-refractivity contribution in [2.75, 3.05) is 0 Å². The first-order valence-corrected chi connectivity index (χ1v) is 20.8. The van der Waals surface area contributed by atoms with E-state index in [-0.39, 0.29) is 16.8 Å². The number of hydrogen-bond donors (Lipinski definition) is 0. The summed E-state index contributed by atoms with van der Waals surface area (Å²) in [5.41, 5.74) is 16.0. The minimum absolute atomic E-state index is 0.0407. The van der Waals surface area contributed by atoms with Gasteiger partial charge in [0, 0.05) is 21.5 Å². The molecule has 0 amide bonds. The fourth-order valence-corrected chi connectivity index (χ4v) is 10.2. The van der Waals surface area contributed by atoms with Crippen molar-refractivity contribution in [3.05, 3.63) is 196 Å². The second-order valence-corrected chi connectivity index (χ2v) is 16.7. The molecule has 3 nitrogen and oxygen atoms in total. The highest BCUT2D eigenvalue weighted by atomic mass is 19.4. The van der Waals surface area contributed by atoms with Crippen molar-refractivity contribution in [3.8, 4) is 44.8 Å². The number of fused-ring (bicyclic) bond motifs is 6. The van der Waals surface area contributed by atoms with Gasteiger partial charge in [-0.25, -0.2) is 4.85 Å². The smallest absolute Gasteiger partial charge is 0.308 e. The van der Waals surface area contributed by atoms with E-state index >= 15 is 0 Å². The van der Waals surface area contributed by atoms with Gasteiger partial charge in [-0.3, -0.25) is 0 Å². The highest BCUT2D eigenvalue weighted by Gasteiger charge is 2.34. The maximum absolute atomic E-state index is 14.9. The van der Waals surface area contributed by atoms with E-state index in [9.17, 15) is 13.2 Å².